The summed E-state index contributed by atoms with van der Waals surface area (Å²) >= 11 is 0. The van der Waals surface area contributed by atoms with Crippen molar-refractivity contribution >= 4 is 0 Å². The minimum Gasteiger partial charge on any atom is -0.497 e. The summed E-state index contributed by atoms with van der Waals surface area (Å²) in [6.07, 6.45) is -4.41. The molecule has 36 heavy (non-hydrogen) atoms. The molecule has 0 amide bonds. The first-order valence-corrected chi connectivity index (χ1v) is 11.3. The number of alkyl halides is 3. The molecule has 178 valence electrons. The van der Waals surface area contributed by atoms with Crippen LogP contribution in [0.1, 0.15) is 5.56 Å². The Balaban J connectivity index is 1.60. The van der Waals surface area contributed by atoms with E-state index in [1.54, 1.807) is 7.11 Å². The number of hydrogen-bond donors (Lipinski definition) is 0. The maximum Gasteiger partial charge on any atom is 0.416 e. The second kappa shape index (κ2) is 9.66. The molecule has 0 atom stereocenters. The molecule has 0 N–H and O–H groups in total. The Morgan fingerprint density at radius 2 is 1.11 bits per heavy atom. The van der Waals surface area contributed by atoms with Crippen LogP contribution < -0.4 is 4.74 Å². The van der Waals surface area contributed by atoms with Crippen LogP contribution in [0.15, 0.2) is 109 Å². The molecular formula is C30H21F3N2O. The first-order valence-electron chi connectivity index (χ1n) is 11.3. The largest absolute Gasteiger partial charge is 0.497 e. The van der Waals surface area contributed by atoms with E-state index in [-0.39, 0.29) is 0 Å². The lowest BCUT2D eigenvalue weighted by Gasteiger charge is -2.11. The van der Waals surface area contributed by atoms with E-state index in [0.717, 1.165) is 34.4 Å². The van der Waals surface area contributed by atoms with Gasteiger partial charge in [0.2, 0.25) is 0 Å². The van der Waals surface area contributed by atoms with E-state index in [4.69, 9.17) is 9.72 Å². The van der Waals surface area contributed by atoms with Crippen LogP contribution in [0.3, 0.4) is 0 Å². The van der Waals surface area contributed by atoms with Crippen LogP contribution in [-0.2, 0) is 6.18 Å². The molecule has 0 fully saturated rings. The third kappa shape index (κ3) is 4.98. The van der Waals surface area contributed by atoms with Gasteiger partial charge in [-0.05, 0) is 41.5 Å². The van der Waals surface area contributed by atoms with Crippen molar-refractivity contribution in [1.82, 2.24) is 9.97 Å². The Morgan fingerprint density at radius 3 is 1.75 bits per heavy atom. The van der Waals surface area contributed by atoms with Crippen molar-refractivity contribution in [2.24, 2.45) is 0 Å². The van der Waals surface area contributed by atoms with Crippen molar-refractivity contribution in [2.75, 3.05) is 7.11 Å². The first-order chi connectivity index (χ1) is 17.4. The standard InChI is InChI=1S/C30H21F3N2O/c1-36-26-9-5-8-24(18-26)28-19-27(22-12-10-21(11-13-22)20-6-3-2-4-7-20)34-29(35-28)23-14-16-25(17-15-23)30(31,32)33/h2-19H,1H3. The summed E-state index contributed by atoms with van der Waals surface area (Å²) in [7, 11) is 1.59. The van der Waals surface area contributed by atoms with Gasteiger partial charge < -0.3 is 4.74 Å². The summed E-state index contributed by atoms with van der Waals surface area (Å²) in [5.41, 5.74) is 4.94. The van der Waals surface area contributed by atoms with E-state index in [9.17, 15) is 13.2 Å². The van der Waals surface area contributed by atoms with Crippen molar-refractivity contribution in [3.05, 3.63) is 115 Å². The number of aromatic nitrogens is 2. The smallest absolute Gasteiger partial charge is 0.416 e. The van der Waals surface area contributed by atoms with E-state index < -0.39 is 11.7 Å². The fourth-order valence-corrected chi connectivity index (χ4v) is 3.93. The number of methoxy groups -OCH3 is 1. The average molecular weight is 483 g/mol. The molecule has 5 rings (SSSR count). The van der Waals surface area contributed by atoms with Crippen LogP contribution in [0.2, 0.25) is 0 Å². The molecule has 5 aromatic rings. The lowest BCUT2D eigenvalue weighted by atomic mass is 10.0. The van der Waals surface area contributed by atoms with E-state index in [1.165, 1.54) is 12.1 Å². The highest BCUT2D eigenvalue weighted by Gasteiger charge is 2.30. The monoisotopic (exact) mass is 482 g/mol. The molecule has 0 radical (unpaired) electrons. The maximum absolute atomic E-state index is 13.1. The Bertz CT molecular complexity index is 1480. The summed E-state index contributed by atoms with van der Waals surface area (Å²) in [6, 6.07) is 32.3. The molecule has 0 aliphatic rings. The quantitative estimate of drug-likeness (QED) is 0.253. The summed E-state index contributed by atoms with van der Waals surface area (Å²) in [6.45, 7) is 0. The molecular weight excluding hydrogens is 461 g/mol. The Labute approximate surface area is 206 Å². The van der Waals surface area contributed by atoms with Gasteiger partial charge >= 0.3 is 6.18 Å². The second-order valence-electron chi connectivity index (χ2n) is 8.21. The number of ether oxygens (including phenoxy) is 1. The molecule has 0 bridgehead atoms. The van der Waals surface area contributed by atoms with Gasteiger partial charge in [-0.15, -0.1) is 0 Å². The molecule has 3 nitrogen and oxygen atoms in total. The van der Waals surface area contributed by atoms with Crippen LogP contribution >= 0.6 is 0 Å². The summed E-state index contributed by atoms with van der Waals surface area (Å²) < 4.78 is 44.6. The van der Waals surface area contributed by atoms with Crippen molar-refractivity contribution in [1.29, 1.82) is 0 Å². The fraction of sp³-hybridized carbons (Fsp3) is 0.0667. The van der Waals surface area contributed by atoms with E-state index in [0.29, 0.717) is 28.5 Å². The van der Waals surface area contributed by atoms with Crippen molar-refractivity contribution in [3.8, 4) is 50.8 Å². The van der Waals surface area contributed by atoms with Crippen LogP contribution in [0.25, 0.3) is 45.0 Å². The van der Waals surface area contributed by atoms with Crippen LogP contribution in [0.4, 0.5) is 13.2 Å². The zero-order chi connectivity index (χ0) is 25.1. The Kier molecular flexibility index (Phi) is 6.25. The molecule has 0 spiro atoms. The predicted molar refractivity (Wildman–Crippen MR) is 135 cm³/mol. The van der Waals surface area contributed by atoms with Gasteiger partial charge in [-0.2, -0.15) is 13.2 Å². The van der Waals surface area contributed by atoms with Gasteiger partial charge in [0.1, 0.15) is 5.75 Å². The predicted octanol–water partition coefficient (Wildman–Crippen LogP) is 8.17. The molecule has 1 heterocycles. The minimum absolute atomic E-state index is 0.339. The average Bonchev–Trinajstić information content (AvgIpc) is 2.93. The molecule has 6 heteroatoms. The SMILES string of the molecule is COc1cccc(-c2cc(-c3ccc(-c4ccccc4)cc3)nc(-c3ccc(C(F)(F)F)cc3)n2)c1. The zero-order valence-corrected chi connectivity index (χ0v) is 19.3. The molecule has 0 aliphatic carbocycles. The van der Waals surface area contributed by atoms with Gasteiger partial charge in [0.05, 0.1) is 24.1 Å². The zero-order valence-electron chi connectivity index (χ0n) is 19.3. The third-order valence-corrected chi connectivity index (χ3v) is 5.85. The second-order valence-corrected chi connectivity index (χ2v) is 8.21. The highest BCUT2D eigenvalue weighted by Crippen LogP contribution is 2.33. The topological polar surface area (TPSA) is 35.0 Å². The minimum atomic E-state index is -4.41. The molecule has 0 unspecified atom stereocenters. The van der Waals surface area contributed by atoms with Gasteiger partial charge in [0.25, 0.3) is 0 Å². The number of nitrogens with zero attached hydrogens (tertiary/aromatic N) is 2. The van der Waals surface area contributed by atoms with Gasteiger partial charge in [-0.3, -0.25) is 0 Å². The number of benzene rings is 4. The number of hydrogen-bond acceptors (Lipinski definition) is 3. The summed E-state index contributed by atoms with van der Waals surface area (Å²) in [5.74, 6) is 1.02. The lowest BCUT2D eigenvalue weighted by molar-refractivity contribution is -0.137. The van der Waals surface area contributed by atoms with Gasteiger partial charge in [-0.25, -0.2) is 9.97 Å². The maximum atomic E-state index is 13.1. The molecule has 0 aliphatic heterocycles. The van der Waals surface area contributed by atoms with Gasteiger partial charge in [0, 0.05) is 16.7 Å². The lowest BCUT2D eigenvalue weighted by Crippen LogP contribution is -2.04. The molecule has 0 saturated carbocycles. The number of halogens is 3. The van der Waals surface area contributed by atoms with Gasteiger partial charge in [-0.1, -0.05) is 78.9 Å². The van der Waals surface area contributed by atoms with E-state index >= 15 is 0 Å². The van der Waals surface area contributed by atoms with Crippen molar-refractivity contribution in [2.45, 2.75) is 6.18 Å². The van der Waals surface area contributed by atoms with Crippen molar-refractivity contribution in [3.63, 3.8) is 0 Å². The van der Waals surface area contributed by atoms with Crippen LogP contribution in [0, 0.1) is 0 Å². The summed E-state index contributed by atoms with van der Waals surface area (Å²) in [5, 5.41) is 0. The van der Waals surface area contributed by atoms with Crippen LogP contribution in [0.5, 0.6) is 5.75 Å². The fourth-order valence-electron chi connectivity index (χ4n) is 3.93. The summed E-state index contributed by atoms with van der Waals surface area (Å²) in [4.78, 5) is 9.40. The highest BCUT2D eigenvalue weighted by atomic mass is 19.4. The Hall–Kier alpha value is -4.45. The van der Waals surface area contributed by atoms with Gasteiger partial charge in [0.15, 0.2) is 5.82 Å². The molecule has 4 aromatic carbocycles. The van der Waals surface area contributed by atoms with E-state index in [1.807, 2.05) is 84.9 Å². The first kappa shape index (κ1) is 23.3. The third-order valence-electron chi connectivity index (χ3n) is 5.85. The van der Waals surface area contributed by atoms with Crippen LogP contribution in [-0.4, -0.2) is 17.1 Å². The van der Waals surface area contributed by atoms with Crippen molar-refractivity contribution < 1.29 is 17.9 Å². The Morgan fingerprint density at radius 1 is 0.556 bits per heavy atom. The molecule has 0 saturated heterocycles. The van der Waals surface area contributed by atoms with E-state index in [2.05, 4.69) is 4.98 Å². The number of rotatable bonds is 5. The highest BCUT2D eigenvalue weighted by molar-refractivity contribution is 5.74. The normalized spacial score (nSPS) is 11.3. The molecule has 1 aromatic heterocycles.